The summed E-state index contributed by atoms with van der Waals surface area (Å²) >= 11 is 0.530. The fourth-order valence-electron chi connectivity index (χ4n) is 6.74. The van der Waals surface area contributed by atoms with Gasteiger partial charge < -0.3 is 29.3 Å². The molecule has 2 fully saturated rings. The number of alkyl halides is 3. The second kappa shape index (κ2) is 15.0. The molecule has 254 valence electrons. The van der Waals surface area contributed by atoms with E-state index in [9.17, 15) is 27.9 Å². The predicted molar refractivity (Wildman–Crippen MR) is 175 cm³/mol. The van der Waals surface area contributed by atoms with Gasteiger partial charge in [0, 0.05) is 56.2 Å². The Kier molecular flexibility index (Phi) is 11.0. The lowest BCUT2D eigenvalue weighted by Gasteiger charge is -2.51. The topological polar surface area (TPSA) is 82.6 Å². The Morgan fingerprint density at radius 1 is 1.02 bits per heavy atom. The number of piperidine rings is 1. The number of carbonyl (C=O) groups is 2. The van der Waals surface area contributed by atoms with Crippen molar-refractivity contribution in [2.24, 2.45) is 0 Å². The number of ether oxygens (including phenoxy) is 2. The number of aliphatic hydroxyl groups excluding tert-OH is 1. The van der Waals surface area contributed by atoms with E-state index in [4.69, 9.17) is 9.47 Å². The smallest absolute Gasteiger partial charge is 0.425 e. The van der Waals surface area contributed by atoms with Gasteiger partial charge in [0.1, 0.15) is 23.0 Å². The molecule has 3 aromatic rings. The predicted octanol–water partition coefficient (Wildman–Crippen LogP) is 6.27. The number of amides is 2. The highest BCUT2D eigenvalue weighted by atomic mass is 32.1. The summed E-state index contributed by atoms with van der Waals surface area (Å²) in [5.74, 6) is 0.0953. The number of benzene rings is 2. The van der Waals surface area contributed by atoms with E-state index in [1.165, 1.54) is 5.38 Å². The van der Waals surface area contributed by atoms with E-state index >= 15 is 0 Å². The van der Waals surface area contributed by atoms with Crippen molar-refractivity contribution in [3.05, 3.63) is 76.0 Å². The van der Waals surface area contributed by atoms with Gasteiger partial charge in [-0.05, 0) is 43.0 Å². The summed E-state index contributed by atoms with van der Waals surface area (Å²) in [5.41, 5.74) is 0.734. The number of aliphatic hydroxyl groups is 1. The van der Waals surface area contributed by atoms with Crippen LogP contribution >= 0.6 is 11.3 Å². The average molecular weight is 674 g/mol. The second-order valence-corrected chi connectivity index (χ2v) is 12.8. The van der Waals surface area contributed by atoms with Crippen molar-refractivity contribution in [1.82, 2.24) is 9.80 Å². The van der Waals surface area contributed by atoms with E-state index in [1.54, 1.807) is 15.9 Å². The quantitative estimate of drug-likeness (QED) is 0.259. The first-order valence-electron chi connectivity index (χ1n) is 16.2. The van der Waals surface area contributed by atoms with Crippen LogP contribution in [-0.4, -0.2) is 84.3 Å². The Bertz CT molecular complexity index is 1520. The molecule has 5 rings (SSSR count). The van der Waals surface area contributed by atoms with Gasteiger partial charge in [-0.3, -0.25) is 9.59 Å². The number of halogens is 3. The number of piperazine rings is 1. The number of hydrogen-bond donors (Lipinski definition) is 1. The van der Waals surface area contributed by atoms with Crippen LogP contribution in [0.5, 0.6) is 11.5 Å². The van der Waals surface area contributed by atoms with Crippen LogP contribution in [0.4, 0.5) is 18.9 Å². The molecule has 12 heteroatoms. The summed E-state index contributed by atoms with van der Waals surface area (Å²) in [6.45, 7) is 6.08. The molecular formula is C35H42F3N3O5S. The molecule has 2 atom stereocenters. The van der Waals surface area contributed by atoms with Gasteiger partial charge >= 0.3 is 6.18 Å². The van der Waals surface area contributed by atoms with Crippen LogP contribution in [-0.2, 0) is 17.4 Å². The lowest BCUT2D eigenvalue weighted by Crippen LogP contribution is -2.69. The van der Waals surface area contributed by atoms with Crippen LogP contribution in [0.1, 0.15) is 60.3 Å². The first kappa shape index (κ1) is 34.6. The maximum absolute atomic E-state index is 14.8. The number of carbonyl (C=O) groups excluding carboxylic acids is 2. The first-order chi connectivity index (χ1) is 22.6. The number of anilines is 1. The minimum atomic E-state index is -4.54. The van der Waals surface area contributed by atoms with Crippen LogP contribution in [0, 0.1) is 0 Å². The van der Waals surface area contributed by atoms with Gasteiger partial charge in [0.05, 0.1) is 18.3 Å². The van der Waals surface area contributed by atoms with Gasteiger partial charge in [-0.15, -0.1) is 11.3 Å². The number of likely N-dealkylation sites (tertiary alicyclic amines) is 1. The lowest BCUT2D eigenvalue weighted by molar-refractivity contribution is -0.159. The van der Waals surface area contributed by atoms with Crippen LogP contribution in [0.25, 0.3) is 0 Å². The van der Waals surface area contributed by atoms with E-state index in [0.29, 0.717) is 81.1 Å². The zero-order valence-electron chi connectivity index (χ0n) is 26.8. The normalized spacial score (nSPS) is 20.3. The fraction of sp³-hybridized carbons (Fsp3) is 0.486. The summed E-state index contributed by atoms with van der Waals surface area (Å²) in [5, 5.41) is 10.5. The highest BCUT2D eigenvalue weighted by Crippen LogP contribution is 2.42. The van der Waals surface area contributed by atoms with E-state index in [2.05, 4.69) is 4.90 Å². The Hall–Kier alpha value is -3.77. The molecule has 0 unspecified atom stereocenters. The zero-order chi connectivity index (χ0) is 33.6. The Morgan fingerprint density at radius 3 is 2.43 bits per heavy atom. The van der Waals surface area contributed by atoms with Crippen LogP contribution in [0.15, 0.2) is 60.0 Å². The molecule has 0 bridgehead atoms. The van der Waals surface area contributed by atoms with E-state index < -0.39 is 22.7 Å². The highest BCUT2D eigenvalue weighted by molar-refractivity contribution is 7.10. The molecule has 3 heterocycles. The first-order valence-corrected chi connectivity index (χ1v) is 17.1. The van der Waals surface area contributed by atoms with Gasteiger partial charge in [0.2, 0.25) is 5.60 Å². The summed E-state index contributed by atoms with van der Waals surface area (Å²) < 4.78 is 53.1. The second-order valence-electron chi connectivity index (χ2n) is 11.9. The molecule has 0 saturated carbocycles. The highest BCUT2D eigenvalue weighted by Gasteiger charge is 2.55. The largest absolute Gasteiger partial charge is 0.489 e. The minimum absolute atomic E-state index is 0.0198. The molecule has 2 aliphatic rings. The van der Waals surface area contributed by atoms with Gasteiger partial charge in [-0.1, -0.05) is 50.6 Å². The van der Waals surface area contributed by atoms with Crippen molar-refractivity contribution in [3.8, 4) is 11.5 Å². The summed E-state index contributed by atoms with van der Waals surface area (Å²) in [6, 6.07) is 15.2. The summed E-state index contributed by atoms with van der Waals surface area (Å²) in [7, 11) is 0. The maximum atomic E-state index is 14.8. The molecule has 0 aliphatic carbocycles. The summed E-state index contributed by atoms with van der Waals surface area (Å²) in [6.07, 6.45) is -2.08. The number of hydrogen-bond acceptors (Lipinski definition) is 7. The monoisotopic (exact) mass is 673 g/mol. The van der Waals surface area contributed by atoms with Crippen molar-refractivity contribution in [3.63, 3.8) is 0 Å². The molecule has 0 spiro atoms. The molecule has 2 saturated heterocycles. The molecule has 2 aromatic carbocycles. The van der Waals surface area contributed by atoms with Crippen molar-refractivity contribution in [1.29, 1.82) is 0 Å². The number of aryl methyl sites for hydroxylation is 1. The molecule has 0 radical (unpaired) electrons. The van der Waals surface area contributed by atoms with Gasteiger partial charge in [0.25, 0.3) is 11.8 Å². The molecule has 1 aromatic heterocycles. The minimum Gasteiger partial charge on any atom is -0.489 e. The Labute approximate surface area is 277 Å². The molecule has 8 nitrogen and oxygen atoms in total. The van der Waals surface area contributed by atoms with Crippen LogP contribution < -0.4 is 14.4 Å². The number of thiophene rings is 1. The molecule has 47 heavy (non-hydrogen) atoms. The van der Waals surface area contributed by atoms with Crippen molar-refractivity contribution in [2.75, 3.05) is 50.8 Å². The third kappa shape index (κ3) is 7.38. The number of nitrogens with zero attached hydrogens (tertiary/aromatic N) is 3. The average Bonchev–Trinajstić information content (AvgIpc) is 3.57. The van der Waals surface area contributed by atoms with Crippen LogP contribution in [0.3, 0.4) is 0 Å². The fourth-order valence-corrected chi connectivity index (χ4v) is 7.42. The van der Waals surface area contributed by atoms with Crippen molar-refractivity contribution < 1.29 is 37.3 Å². The summed E-state index contributed by atoms with van der Waals surface area (Å²) in [4.78, 5) is 33.8. The Balaban J connectivity index is 1.48. The van der Waals surface area contributed by atoms with Gasteiger partial charge in [-0.2, -0.15) is 13.2 Å². The van der Waals surface area contributed by atoms with Crippen molar-refractivity contribution >= 4 is 28.8 Å². The van der Waals surface area contributed by atoms with Gasteiger partial charge in [-0.25, -0.2) is 0 Å². The molecular weight excluding hydrogens is 631 g/mol. The van der Waals surface area contributed by atoms with Crippen molar-refractivity contribution in [2.45, 2.75) is 63.8 Å². The standard InChI is InChI=1S/C35H42F3N3O5S/c1-3-10-30-34(46-26-23-31(47-24-26)35(36,37)38,15-9-16-41(30)32(43)27-12-6-5-11-25(27)4-2)33(44)40-19-17-39(18-20-40)28-13-7-8-14-29(28)45-22-21-42/h5-8,11-14,23-24,30,42H,3-4,9-10,15-22H2,1-2H3/t30-,34+/m1/s1. The van der Waals surface area contributed by atoms with Crippen LogP contribution in [0.2, 0.25) is 0 Å². The van der Waals surface area contributed by atoms with E-state index in [0.717, 1.165) is 17.3 Å². The van der Waals surface area contributed by atoms with E-state index in [1.807, 2.05) is 56.3 Å². The molecule has 2 amide bonds. The zero-order valence-corrected chi connectivity index (χ0v) is 27.6. The molecule has 1 N–H and O–H groups in total. The number of rotatable bonds is 11. The molecule has 2 aliphatic heterocycles. The number of para-hydroxylation sites is 2. The Morgan fingerprint density at radius 2 is 1.74 bits per heavy atom. The SMILES string of the molecule is CCC[C@H]1N(C(=O)c2ccccc2CC)CCC[C@@]1(Oc1csc(C(F)(F)F)c1)C(=O)N1CCN(c2ccccc2OCCO)CC1. The third-order valence-electron chi connectivity index (χ3n) is 8.95. The third-order valence-corrected chi connectivity index (χ3v) is 9.91. The maximum Gasteiger partial charge on any atom is 0.425 e. The van der Waals surface area contributed by atoms with E-state index in [-0.39, 0.29) is 37.2 Å². The lowest BCUT2D eigenvalue weighted by atomic mass is 9.79. The van der Waals surface area contributed by atoms with Gasteiger partial charge in [0.15, 0.2) is 0 Å².